The van der Waals surface area contributed by atoms with E-state index in [2.05, 4.69) is 29.4 Å². The van der Waals surface area contributed by atoms with Crippen molar-refractivity contribution in [2.24, 2.45) is 4.99 Å². The molecule has 0 aliphatic carbocycles. The lowest BCUT2D eigenvalue weighted by atomic mass is 9.95. The molecule has 33 heavy (non-hydrogen) atoms. The van der Waals surface area contributed by atoms with Crippen LogP contribution in [-0.2, 0) is 14.4 Å². The Morgan fingerprint density at radius 3 is 2.76 bits per heavy atom. The fraction of sp³-hybridized carbons (Fsp3) is 0.440. The Morgan fingerprint density at radius 2 is 2.06 bits per heavy atom. The van der Waals surface area contributed by atoms with Crippen molar-refractivity contribution in [1.29, 1.82) is 0 Å². The van der Waals surface area contributed by atoms with Crippen molar-refractivity contribution in [1.82, 2.24) is 9.80 Å². The molecule has 3 amide bonds. The van der Waals surface area contributed by atoms with Crippen LogP contribution in [0.15, 0.2) is 46.1 Å². The molecule has 0 radical (unpaired) electrons. The topological polar surface area (TPSA) is 94.1 Å². The van der Waals surface area contributed by atoms with Gasteiger partial charge in [-0.15, -0.1) is 0 Å². The molecule has 1 unspecified atom stereocenters. The molecule has 8 nitrogen and oxygen atoms in total. The highest BCUT2D eigenvalue weighted by molar-refractivity contribution is 6.26. The summed E-state index contributed by atoms with van der Waals surface area (Å²) in [6, 6.07) is 5.37. The third kappa shape index (κ3) is 4.48. The number of carbonyl (C=O) groups is 3. The summed E-state index contributed by atoms with van der Waals surface area (Å²) in [6.45, 7) is 11.8. The largest absolute Gasteiger partial charge is 0.337 e. The normalized spacial score (nSPS) is 20.9. The lowest BCUT2D eigenvalue weighted by molar-refractivity contribution is -0.127. The maximum absolute atomic E-state index is 13.2. The second kappa shape index (κ2) is 9.31. The number of rotatable bonds is 7. The monoisotopic (exact) mass is 449 g/mol. The van der Waals surface area contributed by atoms with Crippen molar-refractivity contribution in [2.75, 3.05) is 43.4 Å². The van der Waals surface area contributed by atoms with E-state index in [4.69, 9.17) is 4.99 Å². The minimum absolute atomic E-state index is 0.0253. The molecule has 0 spiro atoms. The first-order valence-corrected chi connectivity index (χ1v) is 11.6. The van der Waals surface area contributed by atoms with Gasteiger partial charge in [-0.05, 0) is 55.4 Å². The lowest BCUT2D eigenvalue weighted by Gasteiger charge is -2.30. The summed E-state index contributed by atoms with van der Waals surface area (Å²) in [5.41, 5.74) is 5.15. The minimum atomic E-state index is -0.530. The number of likely N-dealkylation sites (N-methyl/N-ethyl adjacent to an activating group) is 1. The van der Waals surface area contributed by atoms with Gasteiger partial charge in [-0.25, -0.2) is 0 Å². The van der Waals surface area contributed by atoms with Crippen LogP contribution in [0.3, 0.4) is 0 Å². The van der Waals surface area contributed by atoms with E-state index < -0.39 is 5.92 Å². The molecular weight excluding hydrogens is 418 g/mol. The summed E-state index contributed by atoms with van der Waals surface area (Å²) in [4.78, 5) is 46.3. The van der Waals surface area contributed by atoms with E-state index in [9.17, 15) is 14.4 Å². The standard InChI is InChI=1S/C25H31N5O3/c1-5-29(6-2)11-12-30-10-9-21-23(25(30)33)15(3)22(27-21)14-19-18-13-17(26-16(4)31)7-8-20(18)28-24(19)32/h7-8,13-14,19H,5-6,9-12H2,1-4H3,(H,26,31)(H,28,32). The van der Waals surface area contributed by atoms with Crippen molar-refractivity contribution in [3.05, 3.63) is 46.7 Å². The summed E-state index contributed by atoms with van der Waals surface area (Å²) >= 11 is 0. The Labute approximate surface area is 194 Å². The van der Waals surface area contributed by atoms with Crippen LogP contribution in [0.2, 0.25) is 0 Å². The molecule has 4 rings (SSSR count). The number of aliphatic imine (C=N–C) groups is 1. The van der Waals surface area contributed by atoms with E-state index in [1.165, 1.54) is 6.92 Å². The molecule has 1 saturated heterocycles. The van der Waals surface area contributed by atoms with Crippen LogP contribution in [0.5, 0.6) is 0 Å². The quantitative estimate of drug-likeness (QED) is 0.669. The number of anilines is 2. The third-order valence-electron chi connectivity index (χ3n) is 6.58. The van der Waals surface area contributed by atoms with Gasteiger partial charge in [0.25, 0.3) is 5.91 Å². The predicted molar refractivity (Wildman–Crippen MR) is 129 cm³/mol. The van der Waals surface area contributed by atoms with Gasteiger partial charge in [-0.1, -0.05) is 13.8 Å². The van der Waals surface area contributed by atoms with Crippen molar-refractivity contribution in [3.8, 4) is 0 Å². The van der Waals surface area contributed by atoms with E-state index >= 15 is 0 Å². The number of fused-ring (bicyclic) bond motifs is 2. The third-order valence-corrected chi connectivity index (χ3v) is 6.58. The van der Waals surface area contributed by atoms with Gasteiger partial charge in [0.05, 0.1) is 22.9 Å². The average Bonchev–Trinajstić information content (AvgIpc) is 3.26. The molecular formula is C25H31N5O3. The number of hydrogen-bond acceptors (Lipinski definition) is 5. The molecule has 174 valence electrons. The first-order valence-electron chi connectivity index (χ1n) is 11.6. The number of likely N-dealkylation sites (tertiary alicyclic amines) is 1. The predicted octanol–water partition coefficient (Wildman–Crippen LogP) is 2.91. The number of hydrogen-bond donors (Lipinski definition) is 2. The maximum Gasteiger partial charge on any atom is 0.256 e. The number of nitrogens with one attached hydrogen (secondary N) is 2. The number of benzene rings is 1. The molecule has 1 atom stereocenters. The van der Waals surface area contributed by atoms with Crippen LogP contribution in [0.1, 0.15) is 45.6 Å². The zero-order chi connectivity index (χ0) is 23.7. The first-order chi connectivity index (χ1) is 15.8. The number of amides is 3. The summed E-state index contributed by atoms with van der Waals surface area (Å²) in [7, 11) is 0. The number of carbonyl (C=O) groups excluding carboxylic acids is 3. The molecule has 3 aliphatic rings. The Morgan fingerprint density at radius 1 is 1.30 bits per heavy atom. The van der Waals surface area contributed by atoms with Gasteiger partial charge in [0.2, 0.25) is 11.8 Å². The fourth-order valence-corrected chi connectivity index (χ4v) is 4.66. The molecule has 0 bridgehead atoms. The summed E-state index contributed by atoms with van der Waals surface area (Å²) < 4.78 is 0. The Bertz CT molecular complexity index is 1100. The van der Waals surface area contributed by atoms with E-state index in [0.717, 1.165) is 42.2 Å². The van der Waals surface area contributed by atoms with Crippen LogP contribution in [0, 0.1) is 0 Å². The second-order valence-electron chi connectivity index (χ2n) is 8.63. The molecule has 1 fully saturated rings. The minimum Gasteiger partial charge on any atom is -0.337 e. The smallest absolute Gasteiger partial charge is 0.256 e. The van der Waals surface area contributed by atoms with Crippen molar-refractivity contribution in [3.63, 3.8) is 0 Å². The van der Waals surface area contributed by atoms with Gasteiger partial charge in [0.15, 0.2) is 0 Å². The Hall–Kier alpha value is -3.26. The highest BCUT2D eigenvalue weighted by Gasteiger charge is 2.36. The number of allylic oxidation sites excluding steroid dienone is 1. The van der Waals surface area contributed by atoms with Crippen LogP contribution >= 0.6 is 0 Å². The summed E-state index contributed by atoms with van der Waals surface area (Å²) in [5.74, 6) is -0.814. The van der Waals surface area contributed by atoms with Gasteiger partial charge in [0.1, 0.15) is 0 Å². The molecule has 1 aromatic carbocycles. The Balaban J connectivity index is 1.58. The van der Waals surface area contributed by atoms with E-state index in [1.54, 1.807) is 12.1 Å². The summed E-state index contributed by atoms with van der Waals surface area (Å²) in [5, 5.41) is 5.66. The zero-order valence-electron chi connectivity index (χ0n) is 19.7. The molecule has 2 N–H and O–H groups in total. The van der Waals surface area contributed by atoms with Gasteiger partial charge in [-0.3, -0.25) is 19.4 Å². The highest BCUT2D eigenvalue weighted by atomic mass is 16.2. The van der Waals surface area contributed by atoms with Gasteiger partial charge < -0.3 is 20.4 Å². The molecule has 3 aliphatic heterocycles. The fourth-order valence-electron chi connectivity index (χ4n) is 4.66. The zero-order valence-corrected chi connectivity index (χ0v) is 19.7. The van der Waals surface area contributed by atoms with Gasteiger partial charge >= 0.3 is 0 Å². The molecule has 1 aromatic rings. The molecule has 0 saturated carbocycles. The van der Waals surface area contributed by atoms with E-state index in [0.29, 0.717) is 36.5 Å². The molecule has 8 heteroatoms. The first kappa shape index (κ1) is 22.9. The average molecular weight is 450 g/mol. The molecule has 0 aromatic heterocycles. The van der Waals surface area contributed by atoms with Crippen LogP contribution in [-0.4, -0.2) is 66.0 Å². The van der Waals surface area contributed by atoms with Crippen LogP contribution in [0.25, 0.3) is 0 Å². The SMILES string of the molecule is CCN(CC)CCN1CCC2=NC(=CC3C(=O)Nc4ccc(NC(C)=O)cc43)C(C)=C2C1=O. The lowest BCUT2D eigenvalue weighted by Crippen LogP contribution is -2.44. The van der Waals surface area contributed by atoms with Gasteiger partial charge in [0, 0.05) is 44.4 Å². The number of nitrogens with zero attached hydrogens (tertiary/aromatic N) is 3. The van der Waals surface area contributed by atoms with Crippen molar-refractivity contribution < 1.29 is 14.4 Å². The highest BCUT2D eigenvalue weighted by Crippen LogP contribution is 2.39. The Kier molecular flexibility index (Phi) is 6.47. The van der Waals surface area contributed by atoms with E-state index in [1.807, 2.05) is 24.0 Å². The summed E-state index contributed by atoms with van der Waals surface area (Å²) in [6.07, 6.45) is 2.55. The second-order valence-corrected chi connectivity index (χ2v) is 8.63. The van der Waals surface area contributed by atoms with E-state index in [-0.39, 0.29) is 17.7 Å². The van der Waals surface area contributed by atoms with Crippen LogP contribution in [0.4, 0.5) is 11.4 Å². The van der Waals surface area contributed by atoms with Gasteiger partial charge in [-0.2, -0.15) is 0 Å². The van der Waals surface area contributed by atoms with Crippen molar-refractivity contribution in [2.45, 2.75) is 40.0 Å². The maximum atomic E-state index is 13.2. The van der Waals surface area contributed by atoms with Crippen LogP contribution < -0.4 is 10.6 Å². The van der Waals surface area contributed by atoms with Crippen molar-refractivity contribution >= 4 is 34.8 Å². The number of piperidine rings is 1. The molecule has 3 heterocycles.